The van der Waals surface area contributed by atoms with E-state index in [4.69, 9.17) is 9.47 Å². The molecule has 1 unspecified atom stereocenters. The zero-order chi connectivity index (χ0) is 11.3. The highest BCUT2D eigenvalue weighted by Crippen LogP contribution is 2.30. The average Bonchev–Trinajstić information content (AvgIpc) is 2.25. The molecule has 0 spiro atoms. The molecule has 1 radical (unpaired) electrons. The van der Waals surface area contributed by atoms with Gasteiger partial charge in [-0.15, -0.1) is 0 Å². The van der Waals surface area contributed by atoms with Crippen LogP contribution < -0.4 is 9.47 Å². The minimum Gasteiger partial charge on any atom is -0.493 e. The molecule has 0 aromatic heterocycles. The summed E-state index contributed by atoms with van der Waals surface area (Å²) in [6.07, 6.45) is 0.997. The van der Waals surface area contributed by atoms with Crippen molar-refractivity contribution in [3.63, 3.8) is 0 Å². The van der Waals surface area contributed by atoms with Gasteiger partial charge in [0, 0.05) is 0 Å². The van der Waals surface area contributed by atoms with Crippen LogP contribution in [0.15, 0.2) is 18.2 Å². The third-order valence-electron chi connectivity index (χ3n) is 2.22. The summed E-state index contributed by atoms with van der Waals surface area (Å²) in [5.41, 5.74) is 1.16. The van der Waals surface area contributed by atoms with Gasteiger partial charge in [-0.2, -0.15) is 0 Å². The second-order valence-electron chi connectivity index (χ2n) is 3.66. The van der Waals surface area contributed by atoms with Gasteiger partial charge in [0.15, 0.2) is 11.5 Å². The second-order valence-corrected chi connectivity index (χ2v) is 3.66. The lowest BCUT2D eigenvalue weighted by Gasteiger charge is -2.13. The normalized spacial score (nSPS) is 10.5. The van der Waals surface area contributed by atoms with E-state index in [2.05, 4.69) is 20.8 Å². The van der Waals surface area contributed by atoms with Crippen LogP contribution >= 0.6 is 0 Å². The van der Waals surface area contributed by atoms with Gasteiger partial charge in [-0.3, -0.25) is 0 Å². The number of hydrogen-bond donors (Lipinski definition) is 0. The molecule has 1 aromatic rings. The zero-order valence-electron chi connectivity index (χ0n) is 9.75. The van der Waals surface area contributed by atoms with E-state index >= 15 is 0 Å². The van der Waals surface area contributed by atoms with E-state index in [1.165, 1.54) is 0 Å². The molecule has 2 heteroatoms. The molecule has 1 atom stereocenters. The smallest absolute Gasteiger partial charge is 0.161 e. The minimum atomic E-state index is 0.263. The molecule has 1 aromatic carbocycles. The maximum Gasteiger partial charge on any atom is 0.161 e. The highest BCUT2D eigenvalue weighted by atomic mass is 16.5. The third kappa shape index (κ3) is 3.15. The average molecular weight is 207 g/mol. The lowest BCUT2D eigenvalue weighted by Crippen LogP contribution is -1.99. The molecule has 0 N–H and O–H groups in total. The monoisotopic (exact) mass is 207 g/mol. The molecule has 0 aliphatic rings. The van der Waals surface area contributed by atoms with Gasteiger partial charge in [0.25, 0.3) is 0 Å². The molecule has 0 saturated heterocycles. The Balaban J connectivity index is 2.88. The summed E-state index contributed by atoms with van der Waals surface area (Å²) in [4.78, 5) is 0. The van der Waals surface area contributed by atoms with E-state index in [1.54, 1.807) is 7.11 Å². The highest BCUT2D eigenvalue weighted by molar-refractivity contribution is 5.44. The van der Waals surface area contributed by atoms with Crippen LogP contribution in [0.2, 0.25) is 0 Å². The van der Waals surface area contributed by atoms with E-state index in [-0.39, 0.29) is 5.92 Å². The standard InChI is InChI=1S/C13H19O2/c1-5-8-15-12-7-6-11(10(2)3)9-13(12)14-4/h6-7,9-10H,2,5,8H2,1,3-4H3. The summed E-state index contributed by atoms with van der Waals surface area (Å²) < 4.78 is 10.8. The summed E-state index contributed by atoms with van der Waals surface area (Å²) in [7, 11) is 1.66. The number of benzene rings is 1. The van der Waals surface area contributed by atoms with Crippen LogP contribution in [0, 0.1) is 6.92 Å². The molecule has 1 rings (SSSR count). The van der Waals surface area contributed by atoms with E-state index in [1.807, 2.05) is 18.2 Å². The highest BCUT2D eigenvalue weighted by Gasteiger charge is 2.07. The van der Waals surface area contributed by atoms with Crippen LogP contribution in [0.1, 0.15) is 31.7 Å². The van der Waals surface area contributed by atoms with Crippen molar-refractivity contribution in [3.8, 4) is 11.5 Å². The predicted octanol–water partition coefficient (Wildman–Crippen LogP) is 3.42. The molecular weight excluding hydrogens is 188 g/mol. The fraction of sp³-hybridized carbons (Fsp3) is 0.462. The molecule has 15 heavy (non-hydrogen) atoms. The first-order valence-electron chi connectivity index (χ1n) is 5.32. The number of ether oxygens (including phenoxy) is 2. The van der Waals surface area contributed by atoms with Crippen LogP contribution in [0.3, 0.4) is 0 Å². The molecule has 0 bridgehead atoms. The molecule has 0 aliphatic carbocycles. The molecule has 0 heterocycles. The number of hydrogen-bond acceptors (Lipinski definition) is 2. The lowest BCUT2D eigenvalue weighted by atomic mass is 10.0. The Bertz CT molecular complexity index is 305. The van der Waals surface area contributed by atoms with Crippen LogP contribution in [0.25, 0.3) is 0 Å². The van der Waals surface area contributed by atoms with Gasteiger partial charge in [-0.25, -0.2) is 0 Å². The van der Waals surface area contributed by atoms with Crippen molar-refractivity contribution in [3.05, 3.63) is 30.7 Å². The van der Waals surface area contributed by atoms with Crippen molar-refractivity contribution in [2.75, 3.05) is 13.7 Å². The van der Waals surface area contributed by atoms with Crippen molar-refractivity contribution in [2.24, 2.45) is 0 Å². The molecule has 0 amide bonds. The Hall–Kier alpha value is -1.18. The van der Waals surface area contributed by atoms with E-state index in [0.717, 1.165) is 30.1 Å². The van der Waals surface area contributed by atoms with Gasteiger partial charge in [-0.1, -0.05) is 19.9 Å². The Morgan fingerprint density at radius 3 is 2.60 bits per heavy atom. The van der Waals surface area contributed by atoms with Gasteiger partial charge in [-0.05, 0) is 37.0 Å². The van der Waals surface area contributed by atoms with Crippen molar-refractivity contribution >= 4 is 0 Å². The van der Waals surface area contributed by atoms with Gasteiger partial charge in [0.2, 0.25) is 0 Å². The quantitative estimate of drug-likeness (QED) is 0.736. The van der Waals surface area contributed by atoms with Crippen molar-refractivity contribution in [1.29, 1.82) is 0 Å². The Morgan fingerprint density at radius 1 is 1.33 bits per heavy atom. The van der Waals surface area contributed by atoms with Gasteiger partial charge < -0.3 is 9.47 Å². The van der Waals surface area contributed by atoms with Crippen LogP contribution in [0.4, 0.5) is 0 Å². The molecular formula is C13H19O2. The predicted molar refractivity (Wildman–Crippen MR) is 62.6 cm³/mol. The first-order chi connectivity index (χ1) is 7.19. The van der Waals surface area contributed by atoms with Crippen molar-refractivity contribution < 1.29 is 9.47 Å². The second kappa shape index (κ2) is 5.64. The summed E-state index contributed by atoms with van der Waals surface area (Å²) in [5, 5.41) is 0. The molecule has 2 nitrogen and oxygen atoms in total. The Morgan fingerprint density at radius 2 is 2.07 bits per heavy atom. The first-order valence-corrected chi connectivity index (χ1v) is 5.32. The summed E-state index contributed by atoms with van der Waals surface area (Å²) in [5.74, 6) is 1.86. The largest absolute Gasteiger partial charge is 0.493 e. The molecule has 0 fully saturated rings. The first kappa shape index (κ1) is 11.9. The topological polar surface area (TPSA) is 18.5 Å². The minimum absolute atomic E-state index is 0.263. The summed E-state index contributed by atoms with van der Waals surface area (Å²) in [6, 6.07) is 5.97. The van der Waals surface area contributed by atoms with E-state index in [9.17, 15) is 0 Å². The fourth-order valence-corrected chi connectivity index (χ4v) is 1.32. The number of rotatable bonds is 5. The Kier molecular flexibility index (Phi) is 4.47. The Labute approximate surface area is 92.2 Å². The van der Waals surface area contributed by atoms with Gasteiger partial charge in [0.1, 0.15) is 0 Å². The van der Waals surface area contributed by atoms with Crippen LogP contribution in [-0.4, -0.2) is 13.7 Å². The summed E-state index contributed by atoms with van der Waals surface area (Å²) in [6.45, 7) is 8.84. The molecule has 83 valence electrons. The number of methoxy groups -OCH3 is 1. The van der Waals surface area contributed by atoms with Crippen LogP contribution in [0.5, 0.6) is 11.5 Å². The van der Waals surface area contributed by atoms with Gasteiger partial charge in [0.05, 0.1) is 13.7 Å². The van der Waals surface area contributed by atoms with Gasteiger partial charge >= 0.3 is 0 Å². The maximum atomic E-state index is 5.57. The molecule has 0 saturated carbocycles. The van der Waals surface area contributed by atoms with E-state index < -0.39 is 0 Å². The SMILES string of the molecule is [CH2]C(C)c1ccc(OCCC)c(OC)c1. The maximum absolute atomic E-state index is 5.57. The van der Waals surface area contributed by atoms with Crippen molar-refractivity contribution in [1.82, 2.24) is 0 Å². The molecule has 0 aliphatic heterocycles. The fourth-order valence-electron chi connectivity index (χ4n) is 1.32. The van der Waals surface area contributed by atoms with Crippen LogP contribution in [-0.2, 0) is 0 Å². The lowest BCUT2D eigenvalue weighted by molar-refractivity contribution is 0.294. The summed E-state index contributed by atoms with van der Waals surface area (Å²) >= 11 is 0. The van der Waals surface area contributed by atoms with Crippen molar-refractivity contribution in [2.45, 2.75) is 26.2 Å². The van der Waals surface area contributed by atoms with E-state index in [0.29, 0.717) is 0 Å². The zero-order valence-corrected chi connectivity index (χ0v) is 9.75. The third-order valence-corrected chi connectivity index (χ3v) is 2.22.